The highest BCUT2D eigenvalue weighted by atomic mass is 32.1. The lowest BCUT2D eigenvalue weighted by Crippen LogP contribution is -2.72. The number of urea groups is 1. The van der Waals surface area contributed by atoms with E-state index in [1.54, 1.807) is 35.3 Å². The molecule has 39 heavy (non-hydrogen) atoms. The molecular weight excluding hydrogens is 514 g/mol. The van der Waals surface area contributed by atoms with Gasteiger partial charge in [0, 0.05) is 43.0 Å². The molecule has 1 saturated heterocycles. The van der Waals surface area contributed by atoms with Crippen molar-refractivity contribution >= 4 is 45.5 Å². The van der Waals surface area contributed by atoms with E-state index in [0.29, 0.717) is 26.1 Å². The monoisotopic (exact) mass is 545 g/mol. The number of carbonyl (C=O) groups is 2. The maximum absolute atomic E-state index is 13.2. The first kappa shape index (κ1) is 25.4. The number of hydrogen-bond acceptors (Lipinski definition) is 8. The Kier molecular flexibility index (Phi) is 6.56. The van der Waals surface area contributed by atoms with Gasteiger partial charge in [0.1, 0.15) is 0 Å². The second kappa shape index (κ2) is 10.0. The van der Waals surface area contributed by atoms with Crippen molar-refractivity contribution in [2.24, 2.45) is 22.2 Å². The third kappa shape index (κ3) is 4.25. The number of nitrogens with one attached hydrogen (secondary N) is 3. The van der Waals surface area contributed by atoms with Gasteiger partial charge in [-0.05, 0) is 69.0 Å². The number of amides is 2. The number of thiazole rings is 1. The smallest absolute Gasteiger partial charge is 0.318 e. The normalized spacial score (nSPS) is 26.5. The zero-order valence-corrected chi connectivity index (χ0v) is 22.4. The van der Waals surface area contributed by atoms with Crippen LogP contribution in [0.1, 0.15) is 26.2 Å². The van der Waals surface area contributed by atoms with Gasteiger partial charge < -0.3 is 20.6 Å². The molecular formula is C28H31N7O3S. The van der Waals surface area contributed by atoms with Crippen molar-refractivity contribution in [3.63, 3.8) is 0 Å². The van der Waals surface area contributed by atoms with Gasteiger partial charge in [0.25, 0.3) is 0 Å². The lowest BCUT2D eigenvalue weighted by molar-refractivity contribution is -0.160. The molecule has 0 spiro atoms. The number of fused-ring (bicyclic) bond motifs is 1. The zero-order chi connectivity index (χ0) is 27.0. The van der Waals surface area contributed by atoms with Gasteiger partial charge in [0.2, 0.25) is 5.79 Å². The minimum absolute atomic E-state index is 0.0306. The van der Waals surface area contributed by atoms with Crippen LogP contribution >= 0.6 is 11.3 Å². The molecule has 2 fully saturated rings. The highest BCUT2D eigenvalue weighted by molar-refractivity contribution is 7.17. The fraction of sp³-hybridized carbons (Fsp3) is 0.393. The van der Waals surface area contributed by atoms with E-state index in [-0.39, 0.29) is 5.92 Å². The quantitative estimate of drug-likeness (QED) is 0.355. The van der Waals surface area contributed by atoms with E-state index in [2.05, 4.69) is 25.9 Å². The van der Waals surface area contributed by atoms with E-state index in [9.17, 15) is 14.7 Å². The maximum Gasteiger partial charge on any atom is 0.318 e. The van der Waals surface area contributed by atoms with Crippen LogP contribution in [0, 0.1) is 17.3 Å². The SMILES string of the molecule is CCNC(=O)NC1(C2CNCCC2(C(=O)O)C2CC2)N=CC=CN1c1cc(-c2ccccn2)c2scnc2c1. The summed E-state index contributed by atoms with van der Waals surface area (Å²) in [6.07, 6.45) is 9.25. The largest absolute Gasteiger partial charge is 0.481 e. The molecule has 1 aromatic carbocycles. The standard InChI is InChI=1S/C28H31N7O3S/c1-2-30-26(38)34-28(23-16-29-12-9-27(23,25(36)37)18-7-8-18)33-11-5-13-35(28)19-14-20(21-6-3-4-10-31-21)24-22(15-19)32-17-39-24/h3-6,10-11,13-15,17-18,23,29H,2,7-9,12,16H2,1H3,(H,36,37)(H2,30,34,38). The van der Waals surface area contributed by atoms with Crippen molar-refractivity contribution in [1.82, 2.24) is 25.9 Å². The minimum Gasteiger partial charge on any atom is -0.481 e. The molecule has 4 N–H and O–H groups in total. The van der Waals surface area contributed by atoms with Crippen LogP contribution in [0.5, 0.6) is 0 Å². The van der Waals surface area contributed by atoms with Crippen LogP contribution in [0.15, 0.2) is 59.3 Å². The molecule has 1 saturated carbocycles. The molecule has 0 bridgehead atoms. The number of aromatic nitrogens is 2. The summed E-state index contributed by atoms with van der Waals surface area (Å²) in [6, 6.07) is 9.36. The van der Waals surface area contributed by atoms with Crippen LogP contribution in [0.4, 0.5) is 10.5 Å². The van der Waals surface area contributed by atoms with E-state index < -0.39 is 29.1 Å². The Labute approximate surface area is 230 Å². The van der Waals surface area contributed by atoms with Crippen molar-refractivity contribution < 1.29 is 14.7 Å². The first-order valence-electron chi connectivity index (χ1n) is 13.3. The van der Waals surface area contributed by atoms with Crippen molar-refractivity contribution in [2.75, 3.05) is 24.5 Å². The van der Waals surface area contributed by atoms with Gasteiger partial charge in [-0.3, -0.25) is 15.1 Å². The molecule has 11 heteroatoms. The number of carboxylic acid groups (broad SMARTS) is 1. The first-order chi connectivity index (χ1) is 19.0. The van der Waals surface area contributed by atoms with Crippen molar-refractivity contribution in [1.29, 1.82) is 0 Å². The fourth-order valence-corrected chi connectivity index (χ4v) is 7.07. The van der Waals surface area contributed by atoms with Gasteiger partial charge in [-0.15, -0.1) is 11.3 Å². The Balaban J connectivity index is 1.55. The highest BCUT2D eigenvalue weighted by Gasteiger charge is 2.65. The van der Waals surface area contributed by atoms with E-state index in [0.717, 1.165) is 40.0 Å². The first-order valence-corrected chi connectivity index (χ1v) is 14.2. The summed E-state index contributed by atoms with van der Waals surface area (Å²) in [7, 11) is 0. The highest BCUT2D eigenvalue weighted by Crippen LogP contribution is 2.57. The molecule has 0 radical (unpaired) electrons. The molecule has 4 heterocycles. The Hall–Kier alpha value is -3.83. The Morgan fingerprint density at radius 1 is 1.26 bits per heavy atom. The van der Waals surface area contributed by atoms with Crippen LogP contribution in [0.2, 0.25) is 0 Å². The molecule has 10 nitrogen and oxygen atoms in total. The number of aliphatic imine (C=N–C) groups is 1. The molecule has 1 aliphatic carbocycles. The van der Waals surface area contributed by atoms with Gasteiger partial charge in [0.15, 0.2) is 0 Å². The van der Waals surface area contributed by atoms with Gasteiger partial charge in [0.05, 0.1) is 32.8 Å². The molecule has 6 rings (SSSR count). The number of allylic oxidation sites excluding steroid dienone is 1. The lowest BCUT2D eigenvalue weighted by Gasteiger charge is -2.54. The Bertz CT molecular complexity index is 1450. The number of rotatable bonds is 7. The van der Waals surface area contributed by atoms with E-state index in [1.165, 1.54) is 0 Å². The topological polar surface area (TPSA) is 132 Å². The van der Waals surface area contributed by atoms with Gasteiger partial charge >= 0.3 is 12.0 Å². The molecule has 3 unspecified atom stereocenters. The second-order valence-electron chi connectivity index (χ2n) is 10.2. The van der Waals surface area contributed by atoms with Gasteiger partial charge in [-0.2, -0.15) is 0 Å². The third-order valence-electron chi connectivity index (χ3n) is 8.11. The van der Waals surface area contributed by atoms with Gasteiger partial charge in [-0.25, -0.2) is 14.8 Å². The van der Waals surface area contributed by atoms with E-state index in [4.69, 9.17) is 4.99 Å². The van der Waals surface area contributed by atoms with Crippen LogP contribution in [0.25, 0.3) is 21.5 Å². The summed E-state index contributed by atoms with van der Waals surface area (Å²) in [5.41, 5.74) is 4.01. The number of carboxylic acids is 1. The van der Waals surface area contributed by atoms with E-state index >= 15 is 0 Å². The number of aliphatic carboxylic acids is 1. The van der Waals surface area contributed by atoms with Crippen LogP contribution in [-0.2, 0) is 4.79 Å². The molecule has 3 atom stereocenters. The Morgan fingerprint density at radius 3 is 2.87 bits per heavy atom. The summed E-state index contributed by atoms with van der Waals surface area (Å²) in [6.45, 7) is 3.26. The average Bonchev–Trinajstić information content (AvgIpc) is 3.70. The summed E-state index contributed by atoms with van der Waals surface area (Å²) >= 11 is 1.54. The third-order valence-corrected chi connectivity index (χ3v) is 8.98. The molecule has 2 aromatic heterocycles. The average molecular weight is 546 g/mol. The minimum atomic E-state index is -1.40. The number of carbonyl (C=O) groups excluding carboxylic acids is 1. The van der Waals surface area contributed by atoms with Crippen molar-refractivity contribution in [3.05, 3.63) is 54.3 Å². The summed E-state index contributed by atoms with van der Waals surface area (Å²) in [4.78, 5) is 42.4. The van der Waals surface area contributed by atoms with Crippen molar-refractivity contribution in [2.45, 2.75) is 32.0 Å². The lowest BCUT2D eigenvalue weighted by atomic mass is 9.63. The number of anilines is 1. The number of piperidine rings is 1. The molecule has 2 aliphatic heterocycles. The molecule has 3 aromatic rings. The predicted molar refractivity (Wildman–Crippen MR) is 152 cm³/mol. The fourth-order valence-electron chi connectivity index (χ4n) is 6.27. The summed E-state index contributed by atoms with van der Waals surface area (Å²) in [5, 5.41) is 20.1. The van der Waals surface area contributed by atoms with Crippen LogP contribution < -0.4 is 20.9 Å². The van der Waals surface area contributed by atoms with Gasteiger partial charge in [-0.1, -0.05) is 6.07 Å². The number of nitrogens with zero attached hydrogens (tertiary/aromatic N) is 4. The predicted octanol–water partition coefficient (Wildman–Crippen LogP) is 3.83. The molecule has 202 valence electrons. The van der Waals surface area contributed by atoms with Crippen molar-refractivity contribution in [3.8, 4) is 11.3 Å². The zero-order valence-electron chi connectivity index (χ0n) is 21.6. The second-order valence-corrected chi connectivity index (χ2v) is 11.1. The summed E-state index contributed by atoms with van der Waals surface area (Å²) < 4.78 is 1.00. The molecule has 2 amide bonds. The number of pyridine rings is 1. The van der Waals surface area contributed by atoms with Crippen LogP contribution in [0.3, 0.4) is 0 Å². The summed E-state index contributed by atoms with van der Waals surface area (Å²) in [5.74, 6) is -2.75. The Morgan fingerprint density at radius 2 is 2.13 bits per heavy atom. The number of benzene rings is 1. The molecule has 3 aliphatic rings. The van der Waals surface area contributed by atoms with E-state index in [1.807, 2.05) is 48.4 Å². The van der Waals surface area contributed by atoms with Crippen LogP contribution in [-0.4, -0.2) is 58.7 Å². The number of hydrogen-bond donors (Lipinski definition) is 4. The maximum atomic E-state index is 13.2.